The van der Waals surface area contributed by atoms with Crippen LogP contribution in [-0.2, 0) is 4.79 Å². The summed E-state index contributed by atoms with van der Waals surface area (Å²) in [5, 5.41) is 0. The van der Waals surface area contributed by atoms with Crippen LogP contribution in [0, 0.1) is 11.8 Å². The molecule has 3 unspecified atom stereocenters. The third-order valence-corrected chi connectivity index (χ3v) is 4.46. The first-order valence-electron chi connectivity index (χ1n) is 6.65. The maximum Gasteiger partial charge on any atom is 0.142 e. The molecule has 0 spiro atoms. The van der Waals surface area contributed by atoms with Gasteiger partial charge in [0, 0.05) is 30.1 Å². The summed E-state index contributed by atoms with van der Waals surface area (Å²) in [7, 11) is 1.68. The molecule has 1 aliphatic carbocycles. The molecule has 1 aromatic rings. The first-order chi connectivity index (χ1) is 8.70. The second kappa shape index (κ2) is 4.30. The second-order valence-electron chi connectivity index (χ2n) is 5.38. The zero-order valence-electron chi connectivity index (χ0n) is 10.9. The summed E-state index contributed by atoms with van der Waals surface area (Å²) in [6.45, 7) is 2.97. The van der Waals surface area contributed by atoms with E-state index in [1.807, 2.05) is 12.1 Å². The predicted octanol–water partition coefficient (Wildman–Crippen LogP) is 2.50. The summed E-state index contributed by atoms with van der Waals surface area (Å²) >= 11 is 0. The van der Waals surface area contributed by atoms with E-state index < -0.39 is 0 Å². The highest BCUT2D eigenvalue weighted by Gasteiger charge is 2.44. The highest BCUT2D eigenvalue weighted by molar-refractivity contribution is 5.87. The van der Waals surface area contributed by atoms with Crippen molar-refractivity contribution in [1.29, 1.82) is 0 Å². The Bertz CT molecular complexity index is 450. The van der Waals surface area contributed by atoms with Gasteiger partial charge in [-0.1, -0.05) is 6.92 Å². The van der Waals surface area contributed by atoms with E-state index in [1.165, 1.54) is 5.69 Å². The fourth-order valence-corrected chi connectivity index (χ4v) is 3.38. The molecule has 1 aromatic carbocycles. The van der Waals surface area contributed by atoms with Crippen molar-refractivity contribution in [3.05, 3.63) is 24.3 Å². The maximum absolute atomic E-state index is 12.0. The summed E-state index contributed by atoms with van der Waals surface area (Å²) in [6, 6.07) is 8.55. The molecular formula is C15H19NO2. The topological polar surface area (TPSA) is 29.5 Å². The Morgan fingerprint density at radius 1 is 1.22 bits per heavy atom. The highest BCUT2D eigenvalue weighted by atomic mass is 16.5. The molecule has 4 rings (SSSR count). The van der Waals surface area contributed by atoms with E-state index in [4.69, 9.17) is 4.74 Å². The molecule has 0 N–H and O–H groups in total. The molecule has 3 atom stereocenters. The van der Waals surface area contributed by atoms with Gasteiger partial charge in [-0.05, 0) is 37.1 Å². The van der Waals surface area contributed by atoms with Crippen LogP contribution in [-0.4, -0.2) is 25.5 Å². The zero-order chi connectivity index (χ0) is 12.7. The molecule has 1 saturated carbocycles. The van der Waals surface area contributed by atoms with Crippen molar-refractivity contribution in [2.75, 3.05) is 18.6 Å². The SMILES string of the molecule is COc1ccc(N2CC3CCC2C(C)C3=O)cc1. The third-order valence-electron chi connectivity index (χ3n) is 4.46. The van der Waals surface area contributed by atoms with E-state index in [1.54, 1.807) is 7.11 Å². The number of rotatable bonds is 2. The Hall–Kier alpha value is -1.51. The number of nitrogens with zero attached hydrogens (tertiary/aromatic N) is 1. The van der Waals surface area contributed by atoms with Crippen molar-refractivity contribution in [3.8, 4) is 5.75 Å². The predicted molar refractivity (Wildman–Crippen MR) is 71.0 cm³/mol. The molecule has 3 fully saturated rings. The molecule has 2 saturated heterocycles. The fourth-order valence-electron chi connectivity index (χ4n) is 3.38. The number of ketones is 1. The molecule has 3 nitrogen and oxygen atoms in total. The van der Waals surface area contributed by atoms with Crippen LogP contribution in [0.5, 0.6) is 5.75 Å². The van der Waals surface area contributed by atoms with Gasteiger partial charge in [-0.3, -0.25) is 4.79 Å². The summed E-state index contributed by atoms with van der Waals surface area (Å²) in [6.07, 6.45) is 2.21. The standard InChI is InChI=1S/C15H19NO2/c1-10-14-8-3-11(15(10)17)9-16(14)12-4-6-13(18-2)7-5-12/h4-7,10-11,14H,3,8-9H2,1-2H3. The molecule has 2 aliphatic heterocycles. The normalized spacial score (nSPS) is 30.7. The van der Waals surface area contributed by atoms with E-state index in [-0.39, 0.29) is 11.8 Å². The number of anilines is 1. The first kappa shape index (κ1) is 11.6. The Morgan fingerprint density at radius 2 is 1.94 bits per heavy atom. The van der Waals surface area contributed by atoms with Crippen LogP contribution in [0.15, 0.2) is 24.3 Å². The number of fused-ring (bicyclic) bond motifs is 3. The molecule has 3 heteroatoms. The number of hydrogen-bond donors (Lipinski definition) is 0. The van der Waals surface area contributed by atoms with E-state index in [2.05, 4.69) is 24.0 Å². The second-order valence-corrected chi connectivity index (χ2v) is 5.38. The van der Waals surface area contributed by atoms with Gasteiger partial charge >= 0.3 is 0 Å². The molecule has 0 aromatic heterocycles. The fraction of sp³-hybridized carbons (Fsp3) is 0.533. The lowest BCUT2D eigenvalue weighted by atomic mass is 9.72. The molecule has 2 heterocycles. The average Bonchev–Trinajstić information content (AvgIpc) is 2.44. The third kappa shape index (κ3) is 1.69. The van der Waals surface area contributed by atoms with Gasteiger partial charge in [-0.15, -0.1) is 0 Å². The summed E-state index contributed by atoms with van der Waals surface area (Å²) in [5.74, 6) is 1.77. The first-order valence-corrected chi connectivity index (χ1v) is 6.65. The molecular weight excluding hydrogens is 226 g/mol. The maximum atomic E-state index is 12.0. The van der Waals surface area contributed by atoms with Crippen LogP contribution in [0.25, 0.3) is 0 Å². The van der Waals surface area contributed by atoms with Gasteiger partial charge < -0.3 is 9.64 Å². The van der Waals surface area contributed by atoms with Crippen LogP contribution < -0.4 is 9.64 Å². The Kier molecular flexibility index (Phi) is 2.77. The van der Waals surface area contributed by atoms with Gasteiger partial charge in [0.25, 0.3) is 0 Å². The quantitative estimate of drug-likeness (QED) is 0.801. The molecule has 3 aliphatic rings. The van der Waals surface area contributed by atoms with Gasteiger partial charge in [0.1, 0.15) is 11.5 Å². The van der Waals surface area contributed by atoms with Gasteiger partial charge in [-0.2, -0.15) is 0 Å². The molecule has 0 radical (unpaired) electrons. The Morgan fingerprint density at radius 3 is 2.56 bits per heavy atom. The van der Waals surface area contributed by atoms with E-state index in [9.17, 15) is 4.79 Å². The van der Waals surface area contributed by atoms with Crippen LogP contribution in [0.1, 0.15) is 19.8 Å². The smallest absolute Gasteiger partial charge is 0.142 e. The zero-order valence-corrected chi connectivity index (χ0v) is 10.9. The number of carbonyl (C=O) groups is 1. The summed E-state index contributed by atoms with van der Waals surface area (Å²) < 4.78 is 5.18. The van der Waals surface area contributed by atoms with E-state index in [0.717, 1.165) is 25.1 Å². The number of benzene rings is 1. The number of Topliss-reactive ketones (excluding diaryl/α,β-unsaturated/α-hetero) is 1. The van der Waals surface area contributed by atoms with Gasteiger partial charge in [0.15, 0.2) is 0 Å². The molecule has 18 heavy (non-hydrogen) atoms. The van der Waals surface area contributed by atoms with Crippen molar-refractivity contribution in [2.24, 2.45) is 11.8 Å². The lowest BCUT2D eigenvalue weighted by Crippen LogP contribution is -2.57. The largest absolute Gasteiger partial charge is 0.497 e. The van der Waals surface area contributed by atoms with Crippen LogP contribution in [0.4, 0.5) is 5.69 Å². The number of piperidine rings is 2. The molecule has 0 amide bonds. The lowest BCUT2D eigenvalue weighted by molar-refractivity contribution is -0.131. The van der Waals surface area contributed by atoms with E-state index >= 15 is 0 Å². The minimum atomic E-state index is 0.180. The average molecular weight is 245 g/mol. The minimum Gasteiger partial charge on any atom is -0.497 e. The summed E-state index contributed by atoms with van der Waals surface area (Å²) in [5.41, 5.74) is 1.21. The minimum absolute atomic E-state index is 0.180. The highest BCUT2D eigenvalue weighted by Crippen LogP contribution is 2.39. The number of methoxy groups -OCH3 is 1. The van der Waals surface area contributed by atoms with Crippen molar-refractivity contribution in [2.45, 2.75) is 25.8 Å². The van der Waals surface area contributed by atoms with Crippen LogP contribution in [0.3, 0.4) is 0 Å². The van der Waals surface area contributed by atoms with Crippen molar-refractivity contribution in [3.63, 3.8) is 0 Å². The van der Waals surface area contributed by atoms with Crippen LogP contribution >= 0.6 is 0 Å². The number of hydrogen-bond acceptors (Lipinski definition) is 3. The Labute approximate surface area is 108 Å². The number of carbonyl (C=O) groups excluding carboxylic acids is 1. The summed E-state index contributed by atoms with van der Waals surface area (Å²) in [4.78, 5) is 14.4. The van der Waals surface area contributed by atoms with Crippen LogP contribution in [0.2, 0.25) is 0 Å². The van der Waals surface area contributed by atoms with Crippen molar-refractivity contribution in [1.82, 2.24) is 0 Å². The van der Waals surface area contributed by atoms with Crippen molar-refractivity contribution >= 4 is 11.5 Å². The Balaban J connectivity index is 1.86. The van der Waals surface area contributed by atoms with E-state index in [0.29, 0.717) is 11.8 Å². The molecule has 2 bridgehead atoms. The monoisotopic (exact) mass is 245 g/mol. The van der Waals surface area contributed by atoms with Gasteiger partial charge in [0.2, 0.25) is 0 Å². The molecule has 96 valence electrons. The number of ether oxygens (including phenoxy) is 1. The lowest BCUT2D eigenvalue weighted by Gasteiger charge is -2.49. The van der Waals surface area contributed by atoms with Gasteiger partial charge in [-0.25, -0.2) is 0 Å². The van der Waals surface area contributed by atoms with Crippen molar-refractivity contribution < 1.29 is 9.53 Å². The van der Waals surface area contributed by atoms with Gasteiger partial charge in [0.05, 0.1) is 7.11 Å².